The molecule has 0 fully saturated rings. The van der Waals surface area contributed by atoms with Crippen molar-refractivity contribution in [1.29, 1.82) is 0 Å². The summed E-state index contributed by atoms with van der Waals surface area (Å²) in [5.41, 5.74) is 2.39. The Morgan fingerprint density at radius 2 is 1.80 bits per heavy atom. The number of aromatic nitrogens is 1. The SMILES string of the molecule is CC(=O)Oc1ccc(Cn2ccc3ccccc32)cc1. The Hall–Kier alpha value is -2.55. The molecule has 0 aliphatic rings. The molecule has 20 heavy (non-hydrogen) atoms. The highest BCUT2D eigenvalue weighted by Crippen LogP contribution is 2.18. The van der Waals surface area contributed by atoms with Gasteiger partial charge in [0.15, 0.2) is 0 Å². The largest absolute Gasteiger partial charge is 0.427 e. The van der Waals surface area contributed by atoms with Gasteiger partial charge in [0.2, 0.25) is 0 Å². The molecule has 3 aromatic rings. The van der Waals surface area contributed by atoms with Crippen molar-refractivity contribution in [3.8, 4) is 5.75 Å². The van der Waals surface area contributed by atoms with Gasteiger partial charge < -0.3 is 9.30 Å². The number of benzene rings is 2. The summed E-state index contributed by atoms with van der Waals surface area (Å²) in [4.78, 5) is 10.9. The molecule has 0 amide bonds. The minimum Gasteiger partial charge on any atom is -0.427 e. The van der Waals surface area contributed by atoms with Gasteiger partial charge in [-0.25, -0.2) is 0 Å². The molecular weight excluding hydrogens is 250 g/mol. The zero-order chi connectivity index (χ0) is 13.9. The molecule has 1 aromatic heterocycles. The van der Waals surface area contributed by atoms with Crippen LogP contribution in [0.2, 0.25) is 0 Å². The van der Waals surface area contributed by atoms with Crippen LogP contribution >= 0.6 is 0 Å². The van der Waals surface area contributed by atoms with Gasteiger partial charge in [0.05, 0.1) is 0 Å². The summed E-state index contributed by atoms with van der Waals surface area (Å²) in [6.45, 7) is 2.20. The van der Waals surface area contributed by atoms with Crippen LogP contribution in [-0.2, 0) is 11.3 Å². The van der Waals surface area contributed by atoms with Crippen LogP contribution in [0.4, 0.5) is 0 Å². The van der Waals surface area contributed by atoms with Crippen LogP contribution in [0.15, 0.2) is 60.8 Å². The molecule has 0 aliphatic carbocycles. The van der Waals surface area contributed by atoms with Crippen LogP contribution in [0.5, 0.6) is 5.75 Å². The van der Waals surface area contributed by atoms with Crippen LogP contribution in [0.25, 0.3) is 10.9 Å². The van der Waals surface area contributed by atoms with Crippen LogP contribution in [0.1, 0.15) is 12.5 Å². The normalized spacial score (nSPS) is 10.7. The van der Waals surface area contributed by atoms with Gasteiger partial charge in [-0.3, -0.25) is 4.79 Å². The van der Waals surface area contributed by atoms with Crippen molar-refractivity contribution < 1.29 is 9.53 Å². The summed E-state index contributed by atoms with van der Waals surface area (Å²) >= 11 is 0. The number of carbonyl (C=O) groups is 1. The molecule has 0 N–H and O–H groups in total. The first kappa shape index (κ1) is 12.5. The van der Waals surface area contributed by atoms with E-state index in [0.717, 1.165) is 6.54 Å². The molecule has 0 spiro atoms. The average Bonchev–Trinajstić information content (AvgIpc) is 2.84. The Balaban J connectivity index is 1.82. The highest BCUT2D eigenvalue weighted by Gasteiger charge is 2.02. The first-order chi connectivity index (χ1) is 9.72. The molecule has 0 saturated heterocycles. The predicted octanol–water partition coefficient (Wildman–Crippen LogP) is 3.61. The summed E-state index contributed by atoms with van der Waals surface area (Å²) in [5, 5.41) is 1.24. The van der Waals surface area contributed by atoms with Crippen LogP contribution < -0.4 is 4.74 Å². The Kier molecular flexibility index (Phi) is 3.25. The molecule has 3 heteroatoms. The summed E-state index contributed by atoms with van der Waals surface area (Å²) < 4.78 is 7.23. The van der Waals surface area contributed by atoms with Gasteiger partial charge in [-0.1, -0.05) is 30.3 Å². The van der Waals surface area contributed by atoms with Crippen molar-refractivity contribution >= 4 is 16.9 Å². The maximum atomic E-state index is 10.9. The second kappa shape index (κ2) is 5.21. The lowest BCUT2D eigenvalue weighted by Gasteiger charge is -2.07. The Bertz CT molecular complexity index is 741. The van der Waals surface area contributed by atoms with E-state index in [2.05, 4.69) is 29.0 Å². The molecule has 0 unspecified atom stereocenters. The van der Waals surface area contributed by atoms with E-state index in [0.29, 0.717) is 5.75 Å². The molecule has 0 atom stereocenters. The van der Waals surface area contributed by atoms with E-state index < -0.39 is 0 Å². The molecule has 0 saturated carbocycles. The van der Waals surface area contributed by atoms with Gasteiger partial charge in [-0.15, -0.1) is 0 Å². The van der Waals surface area contributed by atoms with Crippen LogP contribution in [0, 0.1) is 0 Å². The van der Waals surface area contributed by atoms with Crippen molar-refractivity contribution in [2.24, 2.45) is 0 Å². The molecule has 3 rings (SSSR count). The number of para-hydroxylation sites is 1. The summed E-state index contributed by atoms with van der Waals surface area (Å²) in [6, 6.07) is 18.0. The highest BCUT2D eigenvalue weighted by molar-refractivity contribution is 5.80. The number of hydrogen-bond donors (Lipinski definition) is 0. The molecule has 0 radical (unpaired) electrons. The van der Waals surface area contributed by atoms with Crippen molar-refractivity contribution in [1.82, 2.24) is 4.57 Å². The summed E-state index contributed by atoms with van der Waals surface area (Å²) in [5.74, 6) is 0.285. The highest BCUT2D eigenvalue weighted by atomic mass is 16.5. The van der Waals surface area contributed by atoms with Gasteiger partial charge in [-0.05, 0) is 35.2 Å². The third-order valence-electron chi connectivity index (χ3n) is 3.22. The fourth-order valence-corrected chi connectivity index (χ4v) is 2.30. The number of fused-ring (bicyclic) bond motifs is 1. The van der Waals surface area contributed by atoms with Gasteiger partial charge >= 0.3 is 5.97 Å². The number of nitrogens with zero attached hydrogens (tertiary/aromatic N) is 1. The van der Waals surface area contributed by atoms with Gasteiger partial charge in [-0.2, -0.15) is 0 Å². The fraction of sp³-hybridized carbons (Fsp3) is 0.118. The molecule has 0 bridgehead atoms. The number of hydrogen-bond acceptors (Lipinski definition) is 2. The quantitative estimate of drug-likeness (QED) is 0.535. The number of esters is 1. The third-order valence-corrected chi connectivity index (χ3v) is 3.22. The van der Waals surface area contributed by atoms with Crippen LogP contribution in [0.3, 0.4) is 0 Å². The maximum Gasteiger partial charge on any atom is 0.308 e. The summed E-state index contributed by atoms with van der Waals surface area (Å²) in [7, 11) is 0. The van der Waals surface area contributed by atoms with Crippen molar-refractivity contribution in [3.63, 3.8) is 0 Å². The zero-order valence-electron chi connectivity index (χ0n) is 11.2. The van der Waals surface area contributed by atoms with E-state index in [1.165, 1.54) is 23.4 Å². The second-order valence-corrected chi connectivity index (χ2v) is 4.74. The van der Waals surface area contributed by atoms with Gasteiger partial charge in [0.25, 0.3) is 0 Å². The zero-order valence-corrected chi connectivity index (χ0v) is 11.2. The lowest BCUT2D eigenvalue weighted by Crippen LogP contribution is -2.02. The van der Waals surface area contributed by atoms with E-state index in [9.17, 15) is 4.79 Å². The average molecular weight is 265 g/mol. The van der Waals surface area contributed by atoms with E-state index in [1.807, 2.05) is 36.4 Å². The lowest BCUT2D eigenvalue weighted by atomic mass is 10.2. The third kappa shape index (κ3) is 2.57. The van der Waals surface area contributed by atoms with Gasteiger partial charge in [0, 0.05) is 25.2 Å². The van der Waals surface area contributed by atoms with Crippen molar-refractivity contribution in [3.05, 3.63) is 66.4 Å². The number of carbonyl (C=O) groups excluding carboxylic acids is 1. The first-order valence-electron chi connectivity index (χ1n) is 6.53. The monoisotopic (exact) mass is 265 g/mol. The first-order valence-corrected chi connectivity index (χ1v) is 6.53. The number of ether oxygens (including phenoxy) is 1. The Labute approximate surface area is 117 Å². The minimum absolute atomic E-state index is 0.297. The standard InChI is InChI=1S/C17H15NO2/c1-13(19)20-16-8-6-14(7-9-16)12-18-11-10-15-4-2-3-5-17(15)18/h2-11H,12H2,1H3. The molecule has 0 aliphatic heterocycles. The van der Waals surface area contributed by atoms with Crippen molar-refractivity contribution in [2.45, 2.75) is 13.5 Å². The number of rotatable bonds is 3. The molecule has 3 nitrogen and oxygen atoms in total. The lowest BCUT2D eigenvalue weighted by molar-refractivity contribution is -0.131. The molecule has 100 valence electrons. The summed E-state index contributed by atoms with van der Waals surface area (Å²) in [6.07, 6.45) is 2.09. The van der Waals surface area contributed by atoms with E-state index >= 15 is 0 Å². The Morgan fingerprint density at radius 3 is 2.55 bits per heavy atom. The molecule has 2 aromatic carbocycles. The van der Waals surface area contributed by atoms with Crippen LogP contribution in [-0.4, -0.2) is 10.5 Å². The van der Waals surface area contributed by atoms with Crippen molar-refractivity contribution in [2.75, 3.05) is 0 Å². The van der Waals surface area contributed by atoms with E-state index in [-0.39, 0.29) is 5.97 Å². The second-order valence-electron chi connectivity index (χ2n) is 4.74. The topological polar surface area (TPSA) is 31.2 Å². The van der Waals surface area contributed by atoms with E-state index in [1.54, 1.807) is 0 Å². The molecule has 1 heterocycles. The smallest absolute Gasteiger partial charge is 0.308 e. The maximum absolute atomic E-state index is 10.9. The Morgan fingerprint density at radius 1 is 1.05 bits per heavy atom. The van der Waals surface area contributed by atoms with E-state index in [4.69, 9.17) is 4.74 Å². The molecular formula is C17H15NO2. The minimum atomic E-state index is -0.297. The predicted molar refractivity (Wildman–Crippen MR) is 78.8 cm³/mol. The van der Waals surface area contributed by atoms with Gasteiger partial charge in [0.1, 0.15) is 5.75 Å². The fourth-order valence-electron chi connectivity index (χ4n) is 2.30.